The van der Waals surface area contributed by atoms with Crippen molar-refractivity contribution in [1.82, 2.24) is 9.80 Å². The number of rotatable bonds is 6. The highest BCUT2D eigenvalue weighted by Crippen LogP contribution is 2.30. The van der Waals surface area contributed by atoms with Crippen molar-refractivity contribution >= 4 is 45.1 Å². The second-order valence-corrected chi connectivity index (χ2v) is 9.16. The van der Waals surface area contributed by atoms with Gasteiger partial charge in [0.2, 0.25) is 11.8 Å². The molecule has 7 nitrogen and oxygen atoms in total. The number of amides is 2. The summed E-state index contributed by atoms with van der Waals surface area (Å²) in [5, 5.41) is 0. The van der Waals surface area contributed by atoms with Crippen LogP contribution in [0.3, 0.4) is 0 Å². The molecule has 0 unspecified atom stereocenters. The van der Waals surface area contributed by atoms with Crippen molar-refractivity contribution < 1.29 is 19.1 Å². The summed E-state index contributed by atoms with van der Waals surface area (Å²) in [4.78, 5) is 45.6. The van der Waals surface area contributed by atoms with Gasteiger partial charge in [0.25, 0.3) is 0 Å². The Morgan fingerprint density at radius 2 is 1.90 bits per heavy atom. The van der Waals surface area contributed by atoms with Crippen molar-refractivity contribution in [2.75, 3.05) is 20.3 Å². The molecule has 0 aliphatic carbocycles. The van der Waals surface area contributed by atoms with Crippen molar-refractivity contribution in [3.05, 3.63) is 40.4 Å². The summed E-state index contributed by atoms with van der Waals surface area (Å²) >= 11 is 3.44. The third-order valence-electron chi connectivity index (χ3n) is 5.85. The van der Waals surface area contributed by atoms with E-state index in [1.165, 1.54) is 14.0 Å². The predicted molar refractivity (Wildman–Crippen MR) is 122 cm³/mol. The average molecular weight is 490 g/mol. The highest BCUT2D eigenvalue weighted by molar-refractivity contribution is 9.10. The molecule has 2 amide bonds. The van der Waals surface area contributed by atoms with Gasteiger partial charge in [-0.1, -0.05) is 48.0 Å². The summed E-state index contributed by atoms with van der Waals surface area (Å²) < 4.78 is 5.79. The third-order valence-corrected chi connectivity index (χ3v) is 6.38. The lowest BCUT2D eigenvalue weighted by molar-refractivity contribution is -0.148. The molecule has 0 saturated carbocycles. The molecule has 2 aliphatic heterocycles. The lowest BCUT2D eigenvalue weighted by atomic mass is 9.90. The fourth-order valence-corrected chi connectivity index (χ4v) is 4.19. The Balaban J connectivity index is 1.86. The highest BCUT2D eigenvalue weighted by atomic mass is 79.9. The minimum Gasteiger partial charge on any atom is -0.469 e. The summed E-state index contributed by atoms with van der Waals surface area (Å²) in [5.41, 5.74) is 2.73. The number of ether oxygens (including phenoxy) is 1. The van der Waals surface area contributed by atoms with Gasteiger partial charge in [-0.15, -0.1) is 0 Å². The van der Waals surface area contributed by atoms with Crippen LogP contribution in [0.5, 0.6) is 0 Å². The molecule has 166 valence electrons. The van der Waals surface area contributed by atoms with Gasteiger partial charge >= 0.3 is 5.97 Å². The minimum absolute atomic E-state index is 0.0190. The molecule has 31 heavy (non-hydrogen) atoms. The van der Waals surface area contributed by atoms with E-state index in [0.717, 1.165) is 21.4 Å². The Labute approximate surface area is 191 Å². The molecule has 1 aromatic rings. The van der Waals surface area contributed by atoms with Gasteiger partial charge in [-0.3, -0.25) is 19.4 Å². The lowest BCUT2D eigenvalue weighted by Gasteiger charge is -2.29. The fraction of sp³-hybridized carbons (Fsp3) is 0.478. The minimum atomic E-state index is -0.511. The zero-order chi connectivity index (χ0) is 22.7. The maximum absolute atomic E-state index is 13.5. The number of nitrogens with zero attached hydrogens (tertiary/aromatic N) is 3. The number of benzene rings is 1. The first-order valence-corrected chi connectivity index (χ1v) is 11.2. The molecule has 0 aromatic heterocycles. The predicted octanol–water partition coefficient (Wildman–Crippen LogP) is 3.49. The number of carbonyl (C=O) groups excluding carboxylic acids is 3. The van der Waals surface area contributed by atoms with Crippen LogP contribution >= 0.6 is 15.9 Å². The molecule has 2 heterocycles. The van der Waals surface area contributed by atoms with Crippen LogP contribution in [0, 0.1) is 11.8 Å². The van der Waals surface area contributed by atoms with Crippen LogP contribution in [0.15, 0.2) is 39.8 Å². The van der Waals surface area contributed by atoms with Crippen LogP contribution in [-0.4, -0.2) is 59.7 Å². The SMILES string of the molecule is COC(=O)C[C@H](C(=O)N1CN(C(C)=O)C[C@H]1C1=NC(c2ccc(Br)cc2)=CC1)C(C)C. The molecule has 3 rings (SSSR count). The molecule has 0 spiro atoms. The fourth-order valence-electron chi connectivity index (χ4n) is 3.93. The second kappa shape index (κ2) is 9.77. The van der Waals surface area contributed by atoms with Gasteiger partial charge in [-0.2, -0.15) is 0 Å². The average Bonchev–Trinajstić information content (AvgIpc) is 3.39. The van der Waals surface area contributed by atoms with Crippen molar-refractivity contribution in [3.8, 4) is 0 Å². The maximum Gasteiger partial charge on any atom is 0.306 e. The third kappa shape index (κ3) is 5.23. The van der Waals surface area contributed by atoms with Gasteiger partial charge in [0, 0.05) is 30.1 Å². The van der Waals surface area contributed by atoms with Crippen molar-refractivity contribution in [2.45, 2.75) is 39.7 Å². The van der Waals surface area contributed by atoms with E-state index in [4.69, 9.17) is 9.73 Å². The van der Waals surface area contributed by atoms with Gasteiger partial charge in [-0.05, 0) is 23.6 Å². The van der Waals surface area contributed by atoms with E-state index in [0.29, 0.717) is 13.0 Å². The molecule has 2 atom stereocenters. The summed E-state index contributed by atoms with van der Waals surface area (Å²) in [6.45, 7) is 5.95. The summed E-state index contributed by atoms with van der Waals surface area (Å²) in [6.07, 6.45) is 2.69. The summed E-state index contributed by atoms with van der Waals surface area (Å²) in [6, 6.07) is 7.61. The zero-order valence-corrected chi connectivity index (χ0v) is 19.9. The van der Waals surface area contributed by atoms with Crippen LogP contribution in [0.25, 0.3) is 5.70 Å². The van der Waals surface area contributed by atoms with Crippen LogP contribution in [0.2, 0.25) is 0 Å². The number of methoxy groups -OCH3 is 1. The van der Waals surface area contributed by atoms with Crippen LogP contribution < -0.4 is 0 Å². The second-order valence-electron chi connectivity index (χ2n) is 8.24. The normalized spacial score (nSPS) is 19.4. The maximum atomic E-state index is 13.5. The number of carbonyl (C=O) groups is 3. The van der Waals surface area contributed by atoms with Crippen molar-refractivity contribution in [3.63, 3.8) is 0 Å². The molecule has 2 aliphatic rings. The lowest BCUT2D eigenvalue weighted by Crippen LogP contribution is -2.46. The van der Waals surface area contributed by atoms with E-state index in [1.807, 2.05) is 44.2 Å². The Hall–Kier alpha value is -2.48. The van der Waals surface area contributed by atoms with Crippen molar-refractivity contribution in [2.24, 2.45) is 16.8 Å². The number of esters is 1. The Bertz CT molecular complexity index is 923. The zero-order valence-electron chi connectivity index (χ0n) is 18.3. The number of hydrogen-bond acceptors (Lipinski definition) is 5. The van der Waals surface area contributed by atoms with Gasteiger partial charge in [0.05, 0.1) is 37.9 Å². The highest BCUT2D eigenvalue weighted by Gasteiger charge is 2.42. The standard InChI is InChI=1S/C23H28BrN3O4/c1-14(2)18(11-22(29)31-4)23(30)27-13-26(15(3)28)12-21(27)20-10-9-19(25-20)16-5-7-17(24)8-6-16/h5-9,14,18,21H,10-13H2,1-4H3/t18-,21-/m0/s1. The molecule has 0 radical (unpaired) electrons. The number of halogens is 1. The Morgan fingerprint density at radius 3 is 2.48 bits per heavy atom. The largest absolute Gasteiger partial charge is 0.469 e. The molecule has 1 fully saturated rings. The summed E-state index contributed by atoms with van der Waals surface area (Å²) in [7, 11) is 1.32. The van der Waals surface area contributed by atoms with Gasteiger partial charge in [0.15, 0.2) is 0 Å². The molecule has 0 N–H and O–H groups in total. The van der Waals surface area contributed by atoms with E-state index in [-0.39, 0.29) is 36.9 Å². The van der Waals surface area contributed by atoms with Crippen LogP contribution in [0.1, 0.15) is 39.2 Å². The van der Waals surface area contributed by atoms with E-state index in [2.05, 4.69) is 15.9 Å². The molecule has 8 heteroatoms. The Kier molecular flexibility index (Phi) is 7.30. The van der Waals surface area contributed by atoms with E-state index in [1.54, 1.807) is 9.80 Å². The molecular formula is C23H28BrN3O4. The van der Waals surface area contributed by atoms with Crippen molar-refractivity contribution in [1.29, 1.82) is 0 Å². The topological polar surface area (TPSA) is 79.3 Å². The molecule has 0 bridgehead atoms. The summed E-state index contributed by atoms with van der Waals surface area (Å²) in [5.74, 6) is -1.20. The molecular weight excluding hydrogens is 462 g/mol. The molecule has 1 aromatic carbocycles. The number of aliphatic imine (C=N–C) groups is 1. The van der Waals surface area contributed by atoms with Crippen LogP contribution in [-0.2, 0) is 19.1 Å². The van der Waals surface area contributed by atoms with E-state index in [9.17, 15) is 14.4 Å². The molecule has 1 saturated heterocycles. The first-order valence-electron chi connectivity index (χ1n) is 10.4. The van der Waals surface area contributed by atoms with Crippen LogP contribution in [0.4, 0.5) is 0 Å². The Morgan fingerprint density at radius 1 is 1.23 bits per heavy atom. The number of hydrogen-bond donors (Lipinski definition) is 0. The van der Waals surface area contributed by atoms with E-state index < -0.39 is 11.9 Å². The smallest absolute Gasteiger partial charge is 0.306 e. The van der Waals surface area contributed by atoms with Gasteiger partial charge in [-0.25, -0.2) is 0 Å². The first-order chi connectivity index (χ1) is 14.7. The monoisotopic (exact) mass is 489 g/mol. The van der Waals surface area contributed by atoms with E-state index >= 15 is 0 Å². The number of allylic oxidation sites excluding steroid dienone is 1. The quantitative estimate of drug-likeness (QED) is 0.572. The first kappa shape index (κ1) is 23.2. The van der Waals surface area contributed by atoms with Gasteiger partial charge < -0.3 is 14.5 Å². The van der Waals surface area contributed by atoms with Gasteiger partial charge in [0.1, 0.15) is 0 Å².